The Morgan fingerprint density at radius 3 is 2.90 bits per heavy atom. The molecule has 3 unspecified atom stereocenters. The third-order valence-electron chi connectivity index (χ3n) is 6.35. The first kappa shape index (κ1) is 19.0. The van der Waals surface area contributed by atoms with Crippen molar-refractivity contribution in [3.05, 3.63) is 77.4 Å². The van der Waals surface area contributed by atoms with E-state index in [0.29, 0.717) is 11.7 Å². The van der Waals surface area contributed by atoms with Crippen molar-refractivity contribution in [3.63, 3.8) is 0 Å². The molecule has 3 N–H and O–H groups in total. The zero-order valence-corrected chi connectivity index (χ0v) is 17.3. The van der Waals surface area contributed by atoms with Gasteiger partial charge in [0.05, 0.1) is 24.3 Å². The van der Waals surface area contributed by atoms with E-state index in [1.54, 1.807) is 6.20 Å². The summed E-state index contributed by atoms with van der Waals surface area (Å²) >= 11 is 0. The molecule has 3 heterocycles. The normalized spacial score (nSPS) is 24.7. The van der Waals surface area contributed by atoms with Crippen LogP contribution in [-0.4, -0.2) is 33.3 Å². The minimum absolute atomic E-state index is 0.201. The average molecular weight is 401 g/mol. The van der Waals surface area contributed by atoms with Crippen molar-refractivity contribution < 1.29 is 0 Å². The number of aliphatic imine (C=N–C) groups is 1. The summed E-state index contributed by atoms with van der Waals surface area (Å²) in [6.45, 7) is 3.67. The highest BCUT2D eigenvalue weighted by molar-refractivity contribution is 5.88. The van der Waals surface area contributed by atoms with Crippen LogP contribution in [0.2, 0.25) is 0 Å². The van der Waals surface area contributed by atoms with Gasteiger partial charge in [-0.05, 0) is 43.0 Å². The van der Waals surface area contributed by atoms with Crippen molar-refractivity contribution in [1.82, 2.24) is 20.2 Å². The van der Waals surface area contributed by atoms with Crippen molar-refractivity contribution in [2.24, 2.45) is 10.9 Å². The second-order valence-electron chi connectivity index (χ2n) is 8.42. The smallest absolute Gasteiger partial charge is 0.127 e. The van der Waals surface area contributed by atoms with Gasteiger partial charge in [-0.25, -0.2) is 4.98 Å². The van der Waals surface area contributed by atoms with Crippen LogP contribution in [0.25, 0.3) is 0 Å². The van der Waals surface area contributed by atoms with Crippen LogP contribution >= 0.6 is 0 Å². The van der Waals surface area contributed by atoms with Gasteiger partial charge in [-0.1, -0.05) is 31.2 Å². The number of nitrogen functional groups attached to an aromatic ring is 1. The first-order valence-corrected chi connectivity index (χ1v) is 10.8. The fourth-order valence-electron chi connectivity index (χ4n) is 4.78. The Balaban J connectivity index is 1.45. The quantitative estimate of drug-likeness (QED) is 0.804. The number of aryl methyl sites for hydroxylation is 1. The predicted molar refractivity (Wildman–Crippen MR) is 120 cm³/mol. The molecule has 154 valence electrons. The average Bonchev–Trinajstić information content (AvgIpc) is 3.18. The zero-order valence-electron chi connectivity index (χ0n) is 17.3. The van der Waals surface area contributed by atoms with Crippen LogP contribution in [0.3, 0.4) is 0 Å². The Bertz CT molecular complexity index is 1020. The number of nitrogens with two attached hydrogens (primary N) is 1. The molecule has 5 rings (SSSR count). The molecule has 0 aromatic carbocycles. The SMILES string of the molecule is CC1C=CC=C2NC(CN(Cc3cccnc3N)C3CCCc4cccnc43)=NC21. The third-order valence-corrected chi connectivity index (χ3v) is 6.35. The van der Waals surface area contributed by atoms with Gasteiger partial charge in [0.1, 0.15) is 11.7 Å². The van der Waals surface area contributed by atoms with Crippen LogP contribution < -0.4 is 11.1 Å². The summed E-state index contributed by atoms with van der Waals surface area (Å²) in [7, 11) is 0. The number of pyridine rings is 2. The Morgan fingerprint density at radius 2 is 2.03 bits per heavy atom. The molecule has 0 spiro atoms. The summed E-state index contributed by atoms with van der Waals surface area (Å²) in [5.41, 5.74) is 11.0. The maximum absolute atomic E-state index is 6.20. The first-order valence-electron chi connectivity index (χ1n) is 10.8. The molecule has 30 heavy (non-hydrogen) atoms. The lowest BCUT2D eigenvalue weighted by Crippen LogP contribution is -2.39. The molecular weight excluding hydrogens is 372 g/mol. The monoisotopic (exact) mass is 400 g/mol. The van der Waals surface area contributed by atoms with E-state index >= 15 is 0 Å². The van der Waals surface area contributed by atoms with Gasteiger partial charge in [0, 0.05) is 36.1 Å². The highest BCUT2D eigenvalue weighted by Gasteiger charge is 2.32. The molecule has 6 nitrogen and oxygen atoms in total. The van der Waals surface area contributed by atoms with E-state index in [1.165, 1.54) is 17.0 Å². The minimum Gasteiger partial charge on any atom is -0.383 e. The molecule has 0 saturated heterocycles. The van der Waals surface area contributed by atoms with E-state index in [4.69, 9.17) is 15.7 Å². The van der Waals surface area contributed by atoms with E-state index in [-0.39, 0.29) is 12.1 Å². The first-order chi connectivity index (χ1) is 14.7. The van der Waals surface area contributed by atoms with Crippen LogP contribution in [0.5, 0.6) is 0 Å². The molecule has 3 aliphatic rings. The van der Waals surface area contributed by atoms with E-state index in [0.717, 1.165) is 43.8 Å². The number of aromatic nitrogens is 2. The number of nitrogens with one attached hydrogen (secondary N) is 1. The van der Waals surface area contributed by atoms with E-state index < -0.39 is 0 Å². The lowest BCUT2D eigenvalue weighted by molar-refractivity contribution is 0.190. The fraction of sp³-hybridized carbons (Fsp3) is 0.375. The Hall–Kier alpha value is -2.99. The molecule has 1 aliphatic heterocycles. The number of hydrogen-bond acceptors (Lipinski definition) is 6. The number of fused-ring (bicyclic) bond motifs is 2. The predicted octanol–water partition coefficient (Wildman–Crippen LogP) is 3.40. The lowest BCUT2D eigenvalue weighted by atomic mass is 9.90. The fourth-order valence-corrected chi connectivity index (χ4v) is 4.78. The van der Waals surface area contributed by atoms with Gasteiger partial charge in [0.2, 0.25) is 0 Å². The molecule has 6 heteroatoms. The van der Waals surface area contributed by atoms with Crippen LogP contribution in [0.4, 0.5) is 5.82 Å². The number of nitrogens with zero attached hydrogens (tertiary/aromatic N) is 4. The molecule has 0 saturated carbocycles. The highest BCUT2D eigenvalue weighted by Crippen LogP contribution is 2.34. The second-order valence-corrected chi connectivity index (χ2v) is 8.42. The molecule has 0 radical (unpaired) electrons. The van der Waals surface area contributed by atoms with Gasteiger partial charge in [0.15, 0.2) is 0 Å². The van der Waals surface area contributed by atoms with E-state index in [1.807, 2.05) is 18.3 Å². The number of rotatable bonds is 5. The maximum Gasteiger partial charge on any atom is 0.127 e. The molecule has 0 bridgehead atoms. The van der Waals surface area contributed by atoms with Gasteiger partial charge < -0.3 is 11.1 Å². The van der Waals surface area contributed by atoms with Gasteiger partial charge >= 0.3 is 0 Å². The van der Waals surface area contributed by atoms with Crippen molar-refractivity contribution >= 4 is 11.7 Å². The van der Waals surface area contributed by atoms with E-state index in [9.17, 15) is 0 Å². The van der Waals surface area contributed by atoms with Gasteiger partial charge in [0.25, 0.3) is 0 Å². The topological polar surface area (TPSA) is 79.4 Å². The van der Waals surface area contributed by atoms with Crippen molar-refractivity contribution in [1.29, 1.82) is 0 Å². The molecule has 2 aromatic rings. The Kier molecular flexibility index (Phi) is 5.09. The van der Waals surface area contributed by atoms with Crippen LogP contribution in [0.15, 0.2) is 65.6 Å². The van der Waals surface area contributed by atoms with Crippen LogP contribution in [-0.2, 0) is 13.0 Å². The summed E-state index contributed by atoms with van der Waals surface area (Å²) < 4.78 is 0. The summed E-state index contributed by atoms with van der Waals surface area (Å²) in [6.07, 6.45) is 13.5. The number of allylic oxidation sites excluding steroid dienone is 2. The molecule has 2 aromatic heterocycles. The number of hydrogen-bond donors (Lipinski definition) is 2. The summed E-state index contributed by atoms with van der Waals surface area (Å²) in [4.78, 5) is 16.6. The maximum atomic E-state index is 6.20. The third kappa shape index (κ3) is 3.63. The summed E-state index contributed by atoms with van der Waals surface area (Å²) in [6, 6.07) is 8.71. The molecule has 3 atom stereocenters. The van der Waals surface area contributed by atoms with Gasteiger partial charge in [-0.15, -0.1) is 0 Å². The number of anilines is 1. The molecule has 0 fully saturated rings. The molecule has 2 aliphatic carbocycles. The minimum atomic E-state index is 0.201. The standard InChI is InChI=1S/C24H28N6/c1-16-6-2-10-19-22(16)29-21(28-19)15-30(14-18-9-5-13-27-24(18)25)20-11-3-7-17-8-4-12-26-23(17)20/h2,4-6,8-10,12-13,16,20,22H,3,7,11,14-15H2,1H3,(H2,25,27)(H,28,29). The van der Waals surface area contributed by atoms with Crippen LogP contribution in [0.1, 0.15) is 42.6 Å². The highest BCUT2D eigenvalue weighted by atomic mass is 15.2. The Morgan fingerprint density at radius 1 is 1.17 bits per heavy atom. The Labute approximate surface area is 177 Å². The summed E-state index contributed by atoms with van der Waals surface area (Å²) in [5, 5.41) is 3.57. The largest absolute Gasteiger partial charge is 0.383 e. The van der Waals surface area contributed by atoms with E-state index in [2.05, 4.69) is 52.5 Å². The van der Waals surface area contributed by atoms with Gasteiger partial charge in [-0.2, -0.15) is 0 Å². The van der Waals surface area contributed by atoms with Crippen molar-refractivity contribution in [3.8, 4) is 0 Å². The zero-order chi connectivity index (χ0) is 20.5. The second kappa shape index (κ2) is 8.03. The van der Waals surface area contributed by atoms with Gasteiger partial charge in [-0.3, -0.25) is 14.9 Å². The van der Waals surface area contributed by atoms with Crippen molar-refractivity contribution in [2.45, 2.75) is 44.8 Å². The molecular formula is C24H28N6. The molecule has 0 amide bonds. The van der Waals surface area contributed by atoms with Crippen molar-refractivity contribution in [2.75, 3.05) is 12.3 Å². The summed E-state index contributed by atoms with van der Waals surface area (Å²) in [5.74, 6) is 2.02. The number of amidine groups is 1. The lowest BCUT2D eigenvalue weighted by Gasteiger charge is -2.35. The van der Waals surface area contributed by atoms with Crippen LogP contribution in [0, 0.1) is 5.92 Å².